The van der Waals surface area contributed by atoms with Crippen LogP contribution in [0, 0.1) is 18.3 Å². The summed E-state index contributed by atoms with van der Waals surface area (Å²) in [4.78, 5) is 8.14. The molecule has 13 heteroatoms. The van der Waals surface area contributed by atoms with Crippen molar-refractivity contribution in [3.05, 3.63) is 59.8 Å². The lowest BCUT2D eigenvalue weighted by atomic mass is 10.2. The number of sulfonamides is 1. The Hall–Kier alpha value is -4.18. The largest absolute Gasteiger partial charge is 0.467 e. The number of halogens is 3. The maximum absolute atomic E-state index is 12.8. The van der Waals surface area contributed by atoms with E-state index < -0.39 is 22.8 Å². The Morgan fingerprint density at radius 2 is 1.88 bits per heavy atom. The molecule has 0 amide bonds. The predicted octanol–water partition coefficient (Wildman–Crippen LogP) is 3.94. The average Bonchev–Trinajstić information content (AvgIpc) is 3.26. The molecule has 174 valence electrons. The normalized spacial score (nSPS) is 11.9. The van der Waals surface area contributed by atoms with Crippen LogP contribution in [0.3, 0.4) is 0 Å². The van der Waals surface area contributed by atoms with Gasteiger partial charge in [-0.2, -0.15) is 28.5 Å². The van der Waals surface area contributed by atoms with Crippen LogP contribution in [0.5, 0.6) is 5.88 Å². The van der Waals surface area contributed by atoms with Crippen molar-refractivity contribution in [2.75, 3.05) is 11.3 Å². The van der Waals surface area contributed by atoms with Crippen molar-refractivity contribution in [2.45, 2.75) is 18.0 Å². The second kappa shape index (κ2) is 8.64. The summed E-state index contributed by atoms with van der Waals surface area (Å²) in [5, 5.41) is 15.7. The molecular formula is C21H15F3N6O3S. The van der Waals surface area contributed by atoms with Crippen molar-refractivity contribution in [3.8, 4) is 23.3 Å². The fraction of sp³-hybridized carbons (Fsp3) is 0.143. The first-order valence-corrected chi connectivity index (χ1v) is 11.1. The van der Waals surface area contributed by atoms with E-state index in [9.17, 15) is 26.9 Å². The Bertz CT molecular complexity index is 1510. The zero-order valence-corrected chi connectivity index (χ0v) is 18.2. The van der Waals surface area contributed by atoms with Gasteiger partial charge in [0.1, 0.15) is 16.4 Å². The van der Waals surface area contributed by atoms with Crippen molar-refractivity contribution in [2.24, 2.45) is 0 Å². The van der Waals surface area contributed by atoms with Gasteiger partial charge >= 0.3 is 6.18 Å². The molecule has 4 aromatic rings. The van der Waals surface area contributed by atoms with E-state index in [1.54, 1.807) is 13.0 Å². The average molecular weight is 488 g/mol. The van der Waals surface area contributed by atoms with Crippen LogP contribution in [-0.2, 0) is 10.0 Å². The summed E-state index contributed by atoms with van der Waals surface area (Å²) in [5.41, 5.74) is 1.44. The second-order valence-corrected chi connectivity index (χ2v) is 8.83. The molecule has 2 heterocycles. The number of fused-ring (bicyclic) bond motifs is 1. The van der Waals surface area contributed by atoms with Gasteiger partial charge in [-0.3, -0.25) is 9.82 Å². The summed E-state index contributed by atoms with van der Waals surface area (Å²) in [7, 11) is -4.05. The first-order valence-electron chi connectivity index (χ1n) is 9.60. The van der Waals surface area contributed by atoms with Crippen molar-refractivity contribution < 1.29 is 26.3 Å². The smallest absolute Gasteiger partial charge is 0.422 e. The third-order valence-electron chi connectivity index (χ3n) is 4.59. The molecule has 0 atom stereocenters. The van der Waals surface area contributed by atoms with Crippen LogP contribution in [0.4, 0.5) is 18.9 Å². The Kier molecular flexibility index (Phi) is 5.84. The van der Waals surface area contributed by atoms with Gasteiger partial charge in [-0.25, -0.2) is 13.4 Å². The molecule has 0 fully saturated rings. The number of aromatic amines is 1. The highest BCUT2D eigenvalue weighted by Crippen LogP contribution is 2.28. The van der Waals surface area contributed by atoms with Crippen LogP contribution in [0.25, 0.3) is 22.4 Å². The molecule has 0 radical (unpaired) electrons. The van der Waals surface area contributed by atoms with E-state index in [1.807, 2.05) is 6.07 Å². The van der Waals surface area contributed by atoms with E-state index in [0.717, 1.165) is 0 Å². The van der Waals surface area contributed by atoms with Gasteiger partial charge in [0.25, 0.3) is 10.0 Å². The number of H-pyrrole nitrogens is 1. The molecule has 34 heavy (non-hydrogen) atoms. The van der Waals surface area contributed by atoms with E-state index in [0.29, 0.717) is 11.1 Å². The molecule has 0 spiro atoms. The molecule has 4 rings (SSSR count). The van der Waals surface area contributed by atoms with Crippen molar-refractivity contribution in [1.29, 1.82) is 5.26 Å². The topological polar surface area (TPSA) is 134 Å². The summed E-state index contributed by atoms with van der Waals surface area (Å²) in [6, 6.07) is 12.2. The molecule has 0 bridgehead atoms. The lowest BCUT2D eigenvalue weighted by molar-refractivity contribution is -0.153. The minimum atomic E-state index is -4.55. The Morgan fingerprint density at radius 1 is 1.15 bits per heavy atom. The minimum absolute atomic E-state index is 0.00219. The SMILES string of the molecule is Cc1ccc(C#N)c(S(=O)(=O)Nc2ccc(-c3nc(OCC(F)(F)F)c4cn[nH]c4n3)cc2)c1. The molecule has 0 aliphatic carbocycles. The van der Waals surface area contributed by atoms with Gasteiger partial charge in [0.15, 0.2) is 18.1 Å². The van der Waals surface area contributed by atoms with Crippen LogP contribution in [0.1, 0.15) is 11.1 Å². The number of rotatable bonds is 6. The highest BCUT2D eigenvalue weighted by molar-refractivity contribution is 7.92. The Labute approximate surface area is 191 Å². The predicted molar refractivity (Wildman–Crippen MR) is 115 cm³/mol. The third-order valence-corrected chi connectivity index (χ3v) is 6.01. The molecule has 0 saturated carbocycles. The van der Waals surface area contributed by atoms with Crippen molar-refractivity contribution >= 4 is 26.7 Å². The van der Waals surface area contributed by atoms with Crippen molar-refractivity contribution in [3.63, 3.8) is 0 Å². The van der Waals surface area contributed by atoms with Crippen LogP contribution in [-0.4, -0.2) is 41.4 Å². The number of hydrogen-bond acceptors (Lipinski definition) is 7. The summed E-state index contributed by atoms with van der Waals surface area (Å²) in [5.74, 6) is -0.242. The van der Waals surface area contributed by atoms with E-state index in [2.05, 4.69) is 24.9 Å². The van der Waals surface area contributed by atoms with Gasteiger partial charge in [0.2, 0.25) is 5.88 Å². The van der Waals surface area contributed by atoms with E-state index in [-0.39, 0.29) is 38.9 Å². The molecule has 2 N–H and O–H groups in total. The lowest BCUT2D eigenvalue weighted by Gasteiger charge is -2.11. The molecule has 0 unspecified atom stereocenters. The van der Waals surface area contributed by atoms with Gasteiger partial charge in [-0.1, -0.05) is 6.07 Å². The van der Waals surface area contributed by atoms with Gasteiger partial charge in [0, 0.05) is 11.3 Å². The molecule has 0 saturated heterocycles. The molecule has 9 nitrogen and oxygen atoms in total. The van der Waals surface area contributed by atoms with Gasteiger partial charge in [-0.15, -0.1) is 0 Å². The summed E-state index contributed by atoms with van der Waals surface area (Å²) < 4.78 is 70.6. The monoisotopic (exact) mass is 488 g/mol. The van der Waals surface area contributed by atoms with E-state index >= 15 is 0 Å². The number of nitrogens with zero attached hydrogens (tertiary/aromatic N) is 4. The van der Waals surface area contributed by atoms with Crippen LogP contribution in [0.15, 0.2) is 53.6 Å². The number of nitrogens with one attached hydrogen (secondary N) is 2. The summed E-state index contributed by atoms with van der Waals surface area (Å²) >= 11 is 0. The fourth-order valence-corrected chi connectivity index (χ4v) is 4.34. The van der Waals surface area contributed by atoms with Gasteiger partial charge < -0.3 is 4.74 Å². The summed E-state index contributed by atoms with van der Waals surface area (Å²) in [6.45, 7) is 0.173. The number of ether oxygens (including phenoxy) is 1. The first kappa shape index (κ1) is 23.0. The minimum Gasteiger partial charge on any atom is -0.467 e. The highest BCUT2D eigenvalue weighted by Gasteiger charge is 2.29. The third kappa shape index (κ3) is 4.91. The Balaban J connectivity index is 1.62. The first-order chi connectivity index (χ1) is 16.1. The number of aromatic nitrogens is 4. The van der Waals surface area contributed by atoms with Crippen LogP contribution in [0.2, 0.25) is 0 Å². The van der Waals surface area contributed by atoms with E-state index in [1.165, 1.54) is 42.6 Å². The molecular weight excluding hydrogens is 473 g/mol. The molecule has 0 aliphatic heterocycles. The van der Waals surface area contributed by atoms with Crippen LogP contribution < -0.4 is 9.46 Å². The van der Waals surface area contributed by atoms with Gasteiger partial charge in [0.05, 0.1) is 11.8 Å². The highest BCUT2D eigenvalue weighted by atomic mass is 32.2. The number of nitriles is 1. The molecule has 0 aliphatic rings. The lowest BCUT2D eigenvalue weighted by Crippen LogP contribution is -2.20. The second-order valence-electron chi connectivity index (χ2n) is 7.18. The molecule has 2 aromatic carbocycles. The van der Waals surface area contributed by atoms with Gasteiger partial charge in [-0.05, 0) is 48.9 Å². The van der Waals surface area contributed by atoms with Crippen LogP contribution >= 0.6 is 0 Å². The van der Waals surface area contributed by atoms with Crippen molar-refractivity contribution in [1.82, 2.24) is 20.2 Å². The number of benzene rings is 2. The summed E-state index contributed by atoms with van der Waals surface area (Å²) in [6.07, 6.45) is -3.30. The maximum atomic E-state index is 12.8. The zero-order valence-electron chi connectivity index (χ0n) is 17.4. The number of alkyl halides is 3. The fourth-order valence-electron chi connectivity index (χ4n) is 3.04. The standard InChI is InChI=1S/C21H15F3N6O3S/c1-12-2-3-14(9-25)17(8-12)34(31,32)30-15-6-4-13(5-7-15)18-27-19-16(10-26-29-19)20(28-18)33-11-21(22,23)24/h2-8,10,30H,11H2,1H3,(H,26,27,28,29). The zero-order chi connectivity index (χ0) is 24.5. The Morgan fingerprint density at radius 3 is 2.56 bits per heavy atom. The quantitative estimate of drug-likeness (QED) is 0.420. The molecule has 2 aromatic heterocycles. The maximum Gasteiger partial charge on any atom is 0.422 e. The van der Waals surface area contributed by atoms with E-state index in [4.69, 9.17) is 4.74 Å². The number of hydrogen-bond donors (Lipinski definition) is 2. The number of aryl methyl sites for hydroxylation is 1. The number of anilines is 1.